The van der Waals surface area contributed by atoms with Crippen LogP contribution >= 0.6 is 11.6 Å². The Morgan fingerprint density at radius 1 is 1.06 bits per heavy atom. The first kappa shape index (κ1) is 13.2. The maximum atomic E-state index is 13.0. The molecular formula is C9H6ClF5O. The molecule has 0 aromatic heterocycles. The van der Waals surface area contributed by atoms with E-state index in [0.29, 0.717) is 12.1 Å². The summed E-state index contributed by atoms with van der Waals surface area (Å²) in [7, 11) is 0. The molecule has 16 heavy (non-hydrogen) atoms. The molecule has 1 aromatic carbocycles. The van der Waals surface area contributed by atoms with Gasteiger partial charge < -0.3 is 5.11 Å². The van der Waals surface area contributed by atoms with E-state index in [1.807, 2.05) is 0 Å². The van der Waals surface area contributed by atoms with Crippen molar-refractivity contribution in [3.05, 3.63) is 34.3 Å². The lowest BCUT2D eigenvalue weighted by molar-refractivity contribution is -0.143. The Morgan fingerprint density at radius 3 is 2.06 bits per heavy atom. The van der Waals surface area contributed by atoms with E-state index in [1.165, 1.54) is 0 Å². The summed E-state index contributed by atoms with van der Waals surface area (Å²) in [4.78, 5) is 0. The summed E-state index contributed by atoms with van der Waals surface area (Å²) < 4.78 is 63.3. The van der Waals surface area contributed by atoms with E-state index in [-0.39, 0.29) is 5.02 Å². The summed E-state index contributed by atoms with van der Waals surface area (Å²) in [5.41, 5.74) is -2.83. The van der Waals surface area contributed by atoms with Crippen LogP contribution in [0.1, 0.15) is 11.1 Å². The number of aliphatic hydroxyl groups excluding tert-OH is 1. The van der Waals surface area contributed by atoms with Crippen molar-refractivity contribution in [1.29, 1.82) is 0 Å². The minimum absolute atomic E-state index is 0.301. The van der Waals surface area contributed by atoms with Crippen LogP contribution in [0.15, 0.2) is 18.2 Å². The molecule has 1 aromatic rings. The van der Waals surface area contributed by atoms with Crippen LogP contribution in [0.4, 0.5) is 22.0 Å². The monoisotopic (exact) mass is 260 g/mol. The van der Waals surface area contributed by atoms with E-state index in [0.717, 1.165) is 6.07 Å². The molecule has 7 heteroatoms. The van der Waals surface area contributed by atoms with Crippen molar-refractivity contribution in [3.8, 4) is 0 Å². The first-order chi connectivity index (χ1) is 7.18. The minimum atomic E-state index is -4.95. The van der Waals surface area contributed by atoms with Gasteiger partial charge in [0.15, 0.2) is 0 Å². The molecule has 1 nitrogen and oxygen atoms in total. The Morgan fingerprint density at radius 2 is 1.62 bits per heavy atom. The maximum Gasteiger partial charge on any atom is 0.416 e. The topological polar surface area (TPSA) is 20.2 Å². The Bertz CT molecular complexity index is 388. The van der Waals surface area contributed by atoms with Gasteiger partial charge >= 0.3 is 6.18 Å². The van der Waals surface area contributed by atoms with Crippen molar-refractivity contribution in [3.63, 3.8) is 0 Å². The SMILES string of the molecule is OCC(F)(F)c1ccc(Cl)cc1C(F)(F)F. The number of alkyl halides is 5. The summed E-state index contributed by atoms with van der Waals surface area (Å²) in [6, 6.07) is 1.87. The molecule has 0 heterocycles. The Hall–Kier alpha value is -0.880. The van der Waals surface area contributed by atoms with Gasteiger partial charge in [-0.3, -0.25) is 0 Å². The lowest BCUT2D eigenvalue weighted by atomic mass is 10.0. The smallest absolute Gasteiger partial charge is 0.390 e. The van der Waals surface area contributed by atoms with Crippen LogP contribution in [0, 0.1) is 0 Å². The molecule has 0 spiro atoms. The second kappa shape index (κ2) is 4.18. The van der Waals surface area contributed by atoms with Crippen LogP contribution in [-0.2, 0) is 12.1 Å². The van der Waals surface area contributed by atoms with Crippen molar-refractivity contribution >= 4 is 11.6 Å². The molecule has 0 aliphatic carbocycles. The van der Waals surface area contributed by atoms with Gasteiger partial charge in [-0.2, -0.15) is 22.0 Å². The van der Waals surface area contributed by atoms with Gasteiger partial charge in [-0.05, 0) is 12.1 Å². The normalized spacial score (nSPS) is 12.9. The predicted molar refractivity (Wildman–Crippen MR) is 47.4 cm³/mol. The molecule has 0 bridgehead atoms. The molecule has 0 amide bonds. The van der Waals surface area contributed by atoms with Crippen molar-refractivity contribution in [2.45, 2.75) is 12.1 Å². The highest BCUT2D eigenvalue weighted by Gasteiger charge is 2.42. The van der Waals surface area contributed by atoms with Gasteiger partial charge in [-0.1, -0.05) is 17.7 Å². The first-order valence-corrected chi connectivity index (χ1v) is 4.42. The van der Waals surface area contributed by atoms with E-state index < -0.39 is 29.8 Å². The minimum Gasteiger partial charge on any atom is -0.390 e. The largest absolute Gasteiger partial charge is 0.416 e. The van der Waals surface area contributed by atoms with E-state index in [4.69, 9.17) is 16.7 Å². The molecule has 0 saturated carbocycles. The quantitative estimate of drug-likeness (QED) is 0.808. The third-order valence-corrected chi connectivity index (χ3v) is 2.11. The van der Waals surface area contributed by atoms with Gasteiger partial charge in [0.2, 0.25) is 0 Å². The molecule has 0 fully saturated rings. The van der Waals surface area contributed by atoms with Gasteiger partial charge in [0, 0.05) is 10.6 Å². The Labute approximate surface area is 92.5 Å². The number of aliphatic hydroxyl groups is 1. The molecular weight excluding hydrogens is 255 g/mol. The van der Waals surface area contributed by atoms with E-state index in [2.05, 4.69) is 0 Å². The molecule has 1 rings (SSSR count). The summed E-state index contributed by atoms with van der Waals surface area (Å²) in [6.45, 7) is -1.70. The zero-order chi connectivity index (χ0) is 12.6. The average molecular weight is 261 g/mol. The highest BCUT2D eigenvalue weighted by Crippen LogP contribution is 2.40. The van der Waals surface area contributed by atoms with Crippen LogP contribution < -0.4 is 0 Å². The number of halogens is 6. The lowest BCUT2D eigenvalue weighted by Gasteiger charge is -2.19. The van der Waals surface area contributed by atoms with Crippen LogP contribution in [0.25, 0.3) is 0 Å². The Kier molecular flexibility index (Phi) is 3.44. The third-order valence-electron chi connectivity index (χ3n) is 1.88. The zero-order valence-corrected chi connectivity index (χ0v) is 8.41. The number of hydrogen-bond acceptors (Lipinski definition) is 1. The molecule has 90 valence electrons. The highest BCUT2D eigenvalue weighted by atomic mass is 35.5. The number of rotatable bonds is 2. The van der Waals surface area contributed by atoms with Crippen molar-refractivity contribution in [2.24, 2.45) is 0 Å². The number of benzene rings is 1. The van der Waals surface area contributed by atoms with Gasteiger partial charge in [0.1, 0.15) is 6.61 Å². The number of hydrogen-bond donors (Lipinski definition) is 1. The second-order valence-electron chi connectivity index (χ2n) is 3.05. The Balaban J connectivity index is 3.40. The molecule has 0 aliphatic rings. The fraction of sp³-hybridized carbons (Fsp3) is 0.333. The molecule has 0 aliphatic heterocycles. The van der Waals surface area contributed by atoms with E-state index >= 15 is 0 Å². The first-order valence-electron chi connectivity index (χ1n) is 4.04. The average Bonchev–Trinajstić information content (AvgIpc) is 2.16. The molecule has 0 radical (unpaired) electrons. The summed E-state index contributed by atoms with van der Waals surface area (Å²) in [5, 5.41) is 8.06. The van der Waals surface area contributed by atoms with Crippen molar-refractivity contribution < 1.29 is 27.1 Å². The standard InChI is InChI=1S/C9H6ClF5O/c10-5-1-2-6(8(11,12)4-16)7(3-5)9(13,14)15/h1-3,16H,4H2. The van der Waals surface area contributed by atoms with Crippen molar-refractivity contribution in [1.82, 2.24) is 0 Å². The fourth-order valence-corrected chi connectivity index (χ4v) is 1.33. The third kappa shape index (κ3) is 2.62. The van der Waals surface area contributed by atoms with Crippen LogP contribution in [0.5, 0.6) is 0 Å². The van der Waals surface area contributed by atoms with Crippen LogP contribution in [0.2, 0.25) is 5.02 Å². The lowest BCUT2D eigenvalue weighted by Crippen LogP contribution is -2.23. The molecule has 1 N–H and O–H groups in total. The zero-order valence-electron chi connectivity index (χ0n) is 7.65. The predicted octanol–water partition coefficient (Wildman–Crippen LogP) is 3.44. The van der Waals surface area contributed by atoms with Gasteiger partial charge in [0.05, 0.1) is 5.56 Å². The van der Waals surface area contributed by atoms with Gasteiger partial charge in [-0.25, -0.2) is 0 Å². The summed E-state index contributed by atoms with van der Waals surface area (Å²) >= 11 is 5.31. The summed E-state index contributed by atoms with van der Waals surface area (Å²) in [6.07, 6.45) is -4.95. The van der Waals surface area contributed by atoms with Crippen LogP contribution in [-0.4, -0.2) is 11.7 Å². The van der Waals surface area contributed by atoms with Crippen LogP contribution in [0.3, 0.4) is 0 Å². The fourth-order valence-electron chi connectivity index (χ4n) is 1.16. The highest BCUT2D eigenvalue weighted by molar-refractivity contribution is 6.30. The van der Waals surface area contributed by atoms with Crippen molar-refractivity contribution in [2.75, 3.05) is 6.61 Å². The van der Waals surface area contributed by atoms with Gasteiger partial charge in [-0.15, -0.1) is 0 Å². The molecule has 0 saturated heterocycles. The van der Waals surface area contributed by atoms with E-state index in [1.54, 1.807) is 0 Å². The maximum absolute atomic E-state index is 13.0. The molecule has 0 unspecified atom stereocenters. The van der Waals surface area contributed by atoms with E-state index in [9.17, 15) is 22.0 Å². The second-order valence-corrected chi connectivity index (χ2v) is 3.49. The summed E-state index contributed by atoms with van der Waals surface area (Å²) in [5.74, 6) is -3.95. The van der Waals surface area contributed by atoms with Gasteiger partial charge in [0.25, 0.3) is 5.92 Å². The molecule has 0 atom stereocenters.